The summed E-state index contributed by atoms with van der Waals surface area (Å²) < 4.78 is 17.0. The second kappa shape index (κ2) is 10.7. The van der Waals surface area contributed by atoms with E-state index in [2.05, 4.69) is 5.32 Å². The van der Waals surface area contributed by atoms with E-state index in [0.717, 1.165) is 0 Å². The SMILES string of the molecule is CCOC(=O)C1=C(N)OC2=C(C(=O)CC(C)(C)C2)C1c1ccccc1OCC(=O)Nc1ccc(Cl)cc1. The number of anilines is 1. The predicted molar refractivity (Wildman–Crippen MR) is 139 cm³/mol. The Morgan fingerprint density at radius 2 is 1.84 bits per heavy atom. The van der Waals surface area contributed by atoms with Gasteiger partial charge in [-0.1, -0.05) is 43.6 Å². The van der Waals surface area contributed by atoms with Gasteiger partial charge in [-0.05, 0) is 42.7 Å². The number of hydrogen-bond donors (Lipinski definition) is 2. The van der Waals surface area contributed by atoms with Gasteiger partial charge >= 0.3 is 5.97 Å². The van der Waals surface area contributed by atoms with Gasteiger partial charge in [0.2, 0.25) is 5.88 Å². The lowest BCUT2D eigenvalue weighted by atomic mass is 9.70. The first-order valence-electron chi connectivity index (χ1n) is 12.0. The van der Waals surface area contributed by atoms with Crippen LogP contribution in [0.4, 0.5) is 5.69 Å². The number of para-hydroxylation sites is 1. The minimum Gasteiger partial charge on any atom is -0.483 e. The van der Waals surface area contributed by atoms with Crippen LogP contribution >= 0.6 is 11.6 Å². The Morgan fingerprint density at radius 3 is 2.54 bits per heavy atom. The lowest BCUT2D eigenvalue weighted by Crippen LogP contribution is -2.36. The standard InChI is InChI=1S/C28H29ClN2O6/c1-4-35-27(34)25-23(24-19(32)13-28(2,3)14-21(24)37-26(25)30)18-7-5-6-8-20(18)36-15-22(33)31-17-11-9-16(29)10-12-17/h5-12,23H,4,13-15,30H2,1-3H3,(H,31,33). The average Bonchev–Trinajstić information content (AvgIpc) is 2.83. The average molecular weight is 525 g/mol. The Hall–Kier alpha value is -3.78. The van der Waals surface area contributed by atoms with Gasteiger partial charge in [0.1, 0.15) is 17.1 Å². The Balaban J connectivity index is 1.68. The molecular weight excluding hydrogens is 496 g/mol. The van der Waals surface area contributed by atoms with Crippen molar-refractivity contribution in [3.8, 4) is 5.75 Å². The third-order valence-electron chi connectivity index (χ3n) is 6.17. The van der Waals surface area contributed by atoms with Crippen molar-refractivity contribution in [2.75, 3.05) is 18.5 Å². The molecule has 1 amide bonds. The molecule has 2 aromatic carbocycles. The van der Waals surface area contributed by atoms with E-state index < -0.39 is 11.9 Å². The topological polar surface area (TPSA) is 117 Å². The normalized spacial score (nSPS) is 18.6. The minimum atomic E-state index is -0.859. The minimum absolute atomic E-state index is 0.0373. The van der Waals surface area contributed by atoms with Crippen LogP contribution in [0.3, 0.4) is 0 Å². The number of ether oxygens (including phenoxy) is 3. The maximum atomic E-state index is 13.4. The fraction of sp³-hybridized carbons (Fsp3) is 0.321. The summed E-state index contributed by atoms with van der Waals surface area (Å²) in [7, 11) is 0. The summed E-state index contributed by atoms with van der Waals surface area (Å²) in [6, 6.07) is 13.6. The zero-order valence-electron chi connectivity index (χ0n) is 20.9. The van der Waals surface area contributed by atoms with E-state index in [1.165, 1.54) is 0 Å². The van der Waals surface area contributed by atoms with Crippen molar-refractivity contribution in [3.05, 3.63) is 81.9 Å². The van der Waals surface area contributed by atoms with Gasteiger partial charge in [0.25, 0.3) is 5.91 Å². The molecule has 2 aliphatic rings. The van der Waals surface area contributed by atoms with Gasteiger partial charge in [-0.15, -0.1) is 0 Å². The number of carbonyl (C=O) groups excluding carboxylic acids is 3. The highest BCUT2D eigenvalue weighted by Gasteiger charge is 2.45. The maximum absolute atomic E-state index is 13.4. The molecule has 0 fully saturated rings. The van der Waals surface area contributed by atoms with Gasteiger partial charge in [-0.2, -0.15) is 0 Å². The van der Waals surface area contributed by atoms with Crippen LogP contribution in [0.15, 0.2) is 71.3 Å². The van der Waals surface area contributed by atoms with Crippen LogP contribution in [-0.2, 0) is 23.9 Å². The molecule has 8 nitrogen and oxygen atoms in total. The van der Waals surface area contributed by atoms with Gasteiger partial charge in [0.15, 0.2) is 12.4 Å². The zero-order valence-corrected chi connectivity index (χ0v) is 21.7. The highest BCUT2D eigenvalue weighted by Crippen LogP contribution is 2.49. The van der Waals surface area contributed by atoms with Crippen molar-refractivity contribution in [1.29, 1.82) is 0 Å². The van der Waals surface area contributed by atoms with Crippen molar-refractivity contribution in [2.45, 2.75) is 39.5 Å². The van der Waals surface area contributed by atoms with Gasteiger partial charge in [0.05, 0.1) is 12.5 Å². The molecule has 37 heavy (non-hydrogen) atoms. The molecule has 0 aromatic heterocycles. The molecule has 0 saturated carbocycles. The Morgan fingerprint density at radius 1 is 1.14 bits per heavy atom. The van der Waals surface area contributed by atoms with Crippen LogP contribution in [-0.4, -0.2) is 30.9 Å². The number of esters is 1. The fourth-order valence-electron chi connectivity index (χ4n) is 4.63. The molecule has 1 heterocycles. The maximum Gasteiger partial charge on any atom is 0.340 e. The lowest BCUT2D eigenvalue weighted by molar-refractivity contribution is -0.139. The van der Waals surface area contributed by atoms with E-state index in [-0.39, 0.29) is 48.2 Å². The first-order valence-corrected chi connectivity index (χ1v) is 12.4. The number of nitrogens with two attached hydrogens (primary N) is 1. The number of allylic oxidation sites excluding steroid dienone is 2. The van der Waals surface area contributed by atoms with Crippen molar-refractivity contribution < 1.29 is 28.6 Å². The first-order chi connectivity index (χ1) is 17.6. The van der Waals surface area contributed by atoms with E-state index in [4.69, 9.17) is 31.5 Å². The van der Waals surface area contributed by atoms with E-state index in [9.17, 15) is 14.4 Å². The van der Waals surface area contributed by atoms with E-state index >= 15 is 0 Å². The summed E-state index contributed by atoms with van der Waals surface area (Å²) in [5, 5.41) is 3.30. The van der Waals surface area contributed by atoms with Gasteiger partial charge in [-0.25, -0.2) is 4.79 Å². The fourth-order valence-corrected chi connectivity index (χ4v) is 4.75. The van der Waals surface area contributed by atoms with E-state index in [1.807, 2.05) is 13.8 Å². The molecule has 0 saturated heterocycles. The number of Topliss-reactive ketones (excluding diaryl/α,β-unsaturated/α-hetero) is 1. The number of carbonyl (C=O) groups is 3. The summed E-state index contributed by atoms with van der Waals surface area (Å²) in [5.41, 5.74) is 7.40. The summed E-state index contributed by atoms with van der Waals surface area (Å²) >= 11 is 5.90. The molecule has 3 N–H and O–H groups in total. The molecule has 0 spiro atoms. The second-order valence-electron chi connectivity index (χ2n) is 9.69. The summed E-state index contributed by atoms with van der Waals surface area (Å²) in [5.74, 6) is -1.40. The quantitative estimate of drug-likeness (QED) is 0.497. The summed E-state index contributed by atoms with van der Waals surface area (Å²) in [4.78, 5) is 39.0. The van der Waals surface area contributed by atoms with E-state index in [0.29, 0.717) is 39.8 Å². The Kier molecular flexibility index (Phi) is 7.59. The van der Waals surface area contributed by atoms with Crippen LogP contribution in [0.25, 0.3) is 0 Å². The number of amides is 1. The molecule has 4 rings (SSSR count). The summed E-state index contributed by atoms with van der Waals surface area (Å²) in [6.45, 7) is 5.46. The van der Waals surface area contributed by atoms with Crippen molar-refractivity contribution in [2.24, 2.45) is 11.1 Å². The number of rotatable bonds is 7. The highest BCUT2D eigenvalue weighted by atomic mass is 35.5. The van der Waals surface area contributed by atoms with Crippen LogP contribution in [0.2, 0.25) is 5.02 Å². The van der Waals surface area contributed by atoms with Gasteiger partial charge in [-0.3, -0.25) is 9.59 Å². The monoisotopic (exact) mass is 524 g/mol. The summed E-state index contributed by atoms with van der Waals surface area (Å²) in [6.07, 6.45) is 0.766. The van der Waals surface area contributed by atoms with E-state index in [1.54, 1.807) is 55.5 Å². The molecule has 0 radical (unpaired) electrons. The van der Waals surface area contributed by atoms with Gasteiger partial charge in [0, 0.05) is 34.7 Å². The smallest absolute Gasteiger partial charge is 0.340 e. The van der Waals surface area contributed by atoms with Crippen LogP contribution in [0, 0.1) is 5.41 Å². The lowest BCUT2D eigenvalue weighted by Gasteiger charge is -2.38. The second-order valence-corrected chi connectivity index (χ2v) is 10.1. The van der Waals surface area contributed by atoms with Crippen LogP contribution in [0.5, 0.6) is 5.75 Å². The Bertz CT molecular complexity index is 1300. The third-order valence-corrected chi connectivity index (χ3v) is 6.42. The first kappa shape index (κ1) is 26.3. The number of hydrogen-bond acceptors (Lipinski definition) is 7. The largest absolute Gasteiger partial charge is 0.483 e. The predicted octanol–water partition coefficient (Wildman–Crippen LogP) is 4.85. The number of benzene rings is 2. The molecule has 1 aliphatic carbocycles. The molecule has 0 bridgehead atoms. The molecule has 194 valence electrons. The van der Waals surface area contributed by atoms with Crippen LogP contribution in [0.1, 0.15) is 45.1 Å². The van der Waals surface area contributed by atoms with Crippen molar-refractivity contribution in [3.63, 3.8) is 0 Å². The third kappa shape index (κ3) is 5.80. The highest BCUT2D eigenvalue weighted by molar-refractivity contribution is 6.30. The van der Waals surface area contributed by atoms with Crippen molar-refractivity contribution in [1.82, 2.24) is 0 Å². The molecule has 9 heteroatoms. The molecular formula is C28H29ClN2O6. The van der Waals surface area contributed by atoms with Crippen molar-refractivity contribution >= 4 is 34.9 Å². The number of nitrogens with one attached hydrogen (secondary N) is 1. The molecule has 2 aromatic rings. The molecule has 1 atom stereocenters. The molecule has 1 unspecified atom stereocenters. The number of ketones is 1. The molecule has 1 aliphatic heterocycles. The number of halogens is 1. The Labute approximate surface area is 220 Å². The van der Waals surface area contributed by atoms with Gasteiger partial charge < -0.3 is 25.3 Å². The van der Waals surface area contributed by atoms with Crippen LogP contribution < -0.4 is 15.8 Å². The zero-order chi connectivity index (χ0) is 26.7.